The van der Waals surface area contributed by atoms with E-state index in [-0.39, 0.29) is 11.3 Å². The number of hydrogen-bond donors (Lipinski definition) is 1. The lowest BCUT2D eigenvalue weighted by molar-refractivity contribution is 0.200. The first-order chi connectivity index (χ1) is 8.70. The number of benzene rings is 1. The Kier molecular flexibility index (Phi) is 7.75. The molecule has 0 aliphatic rings. The largest absolute Gasteiger partial charge is 0.385 e. The standard InChI is InChI=1S/C14H22ClNOS/c1-3-13(16)14(18-10-6-9-17-2)11-7-4-5-8-12(11)15/h4-5,7-8,13-14H,3,6,9-10,16H2,1-2H3. The van der Waals surface area contributed by atoms with Crippen LogP contribution in [0.4, 0.5) is 0 Å². The average molecular weight is 288 g/mol. The first kappa shape index (κ1) is 15.8. The zero-order chi connectivity index (χ0) is 13.4. The highest BCUT2D eigenvalue weighted by atomic mass is 35.5. The van der Waals surface area contributed by atoms with Gasteiger partial charge in [0.25, 0.3) is 0 Å². The van der Waals surface area contributed by atoms with Gasteiger partial charge in [-0.1, -0.05) is 36.7 Å². The van der Waals surface area contributed by atoms with E-state index in [4.69, 9.17) is 22.1 Å². The van der Waals surface area contributed by atoms with Crippen molar-refractivity contribution >= 4 is 23.4 Å². The maximum Gasteiger partial charge on any atom is 0.0470 e. The van der Waals surface area contributed by atoms with E-state index in [1.807, 2.05) is 30.0 Å². The van der Waals surface area contributed by atoms with Gasteiger partial charge >= 0.3 is 0 Å². The van der Waals surface area contributed by atoms with Crippen LogP contribution in [0, 0.1) is 0 Å². The lowest BCUT2D eigenvalue weighted by Crippen LogP contribution is -2.26. The molecular formula is C14H22ClNOS. The fourth-order valence-electron chi connectivity index (χ4n) is 1.78. The maximum atomic E-state index is 6.27. The summed E-state index contributed by atoms with van der Waals surface area (Å²) in [7, 11) is 1.73. The van der Waals surface area contributed by atoms with E-state index in [9.17, 15) is 0 Å². The molecule has 0 fully saturated rings. The molecule has 18 heavy (non-hydrogen) atoms. The Hall–Kier alpha value is -0.220. The Balaban J connectivity index is 2.69. The SMILES string of the molecule is CCC(N)C(SCCCOC)c1ccccc1Cl. The van der Waals surface area contributed by atoms with Gasteiger partial charge in [-0.15, -0.1) is 0 Å². The Morgan fingerprint density at radius 3 is 2.72 bits per heavy atom. The fraction of sp³-hybridized carbons (Fsp3) is 0.571. The van der Waals surface area contributed by atoms with Crippen molar-refractivity contribution in [3.05, 3.63) is 34.9 Å². The number of hydrogen-bond acceptors (Lipinski definition) is 3. The molecule has 1 aromatic rings. The Labute approximate surface area is 119 Å². The molecule has 1 rings (SSSR count). The Morgan fingerprint density at radius 2 is 2.11 bits per heavy atom. The molecule has 0 bridgehead atoms. The predicted octanol–water partition coefficient (Wildman–Crippen LogP) is 3.89. The summed E-state index contributed by atoms with van der Waals surface area (Å²) in [5.41, 5.74) is 7.37. The number of methoxy groups -OCH3 is 1. The minimum atomic E-state index is 0.137. The summed E-state index contributed by atoms with van der Waals surface area (Å²) in [6.07, 6.45) is 1.99. The number of nitrogens with two attached hydrogens (primary N) is 1. The van der Waals surface area contributed by atoms with Crippen LogP contribution in [0.25, 0.3) is 0 Å². The van der Waals surface area contributed by atoms with Crippen LogP contribution in [0.1, 0.15) is 30.6 Å². The van der Waals surface area contributed by atoms with Crippen molar-refractivity contribution in [3.8, 4) is 0 Å². The van der Waals surface area contributed by atoms with E-state index in [0.717, 1.165) is 35.8 Å². The van der Waals surface area contributed by atoms with Crippen LogP contribution in [0.3, 0.4) is 0 Å². The fourth-order valence-corrected chi connectivity index (χ4v) is 3.46. The maximum absolute atomic E-state index is 6.27. The average Bonchev–Trinajstić information content (AvgIpc) is 2.39. The van der Waals surface area contributed by atoms with Crippen molar-refractivity contribution in [2.75, 3.05) is 19.5 Å². The van der Waals surface area contributed by atoms with Gasteiger partial charge in [0, 0.05) is 30.0 Å². The minimum absolute atomic E-state index is 0.137. The zero-order valence-electron chi connectivity index (χ0n) is 11.1. The smallest absolute Gasteiger partial charge is 0.0470 e. The summed E-state index contributed by atoms with van der Waals surface area (Å²) >= 11 is 8.14. The van der Waals surface area contributed by atoms with E-state index in [0.29, 0.717) is 0 Å². The van der Waals surface area contributed by atoms with Gasteiger partial charge in [0.2, 0.25) is 0 Å². The summed E-state index contributed by atoms with van der Waals surface area (Å²) in [6, 6.07) is 8.12. The van der Waals surface area contributed by atoms with E-state index in [2.05, 4.69) is 13.0 Å². The Bertz CT molecular complexity index is 348. The van der Waals surface area contributed by atoms with E-state index in [1.165, 1.54) is 0 Å². The molecule has 0 amide bonds. The molecule has 2 N–H and O–H groups in total. The third-order valence-corrected chi connectivity index (χ3v) is 4.69. The summed E-state index contributed by atoms with van der Waals surface area (Å²) < 4.78 is 5.07. The predicted molar refractivity (Wildman–Crippen MR) is 81.4 cm³/mol. The van der Waals surface area contributed by atoms with Gasteiger partial charge in [0.1, 0.15) is 0 Å². The van der Waals surface area contributed by atoms with E-state index < -0.39 is 0 Å². The van der Waals surface area contributed by atoms with Crippen molar-refractivity contribution in [2.45, 2.75) is 31.1 Å². The monoisotopic (exact) mass is 287 g/mol. The molecule has 2 nitrogen and oxygen atoms in total. The highest BCUT2D eigenvalue weighted by molar-refractivity contribution is 7.99. The van der Waals surface area contributed by atoms with Gasteiger partial charge in [-0.3, -0.25) is 0 Å². The summed E-state index contributed by atoms with van der Waals surface area (Å²) in [6.45, 7) is 2.91. The van der Waals surface area contributed by atoms with Crippen LogP contribution in [0.2, 0.25) is 5.02 Å². The number of rotatable bonds is 8. The molecule has 0 saturated carbocycles. The van der Waals surface area contributed by atoms with Gasteiger partial charge in [-0.2, -0.15) is 11.8 Å². The molecular weight excluding hydrogens is 266 g/mol. The minimum Gasteiger partial charge on any atom is -0.385 e. The molecule has 0 radical (unpaired) electrons. The van der Waals surface area contributed by atoms with Crippen LogP contribution in [0.15, 0.2) is 24.3 Å². The van der Waals surface area contributed by atoms with Crippen LogP contribution in [0.5, 0.6) is 0 Å². The van der Waals surface area contributed by atoms with Crippen molar-refractivity contribution in [1.29, 1.82) is 0 Å². The topological polar surface area (TPSA) is 35.2 Å². The van der Waals surface area contributed by atoms with Gasteiger partial charge in [0.05, 0.1) is 0 Å². The molecule has 0 saturated heterocycles. The molecule has 2 unspecified atom stereocenters. The molecule has 4 heteroatoms. The van der Waals surface area contributed by atoms with Gasteiger partial charge in [0.15, 0.2) is 0 Å². The van der Waals surface area contributed by atoms with Crippen LogP contribution in [-0.2, 0) is 4.74 Å². The number of thioether (sulfide) groups is 1. The van der Waals surface area contributed by atoms with Gasteiger partial charge in [-0.25, -0.2) is 0 Å². The first-order valence-corrected chi connectivity index (χ1v) is 7.74. The second-order valence-corrected chi connectivity index (χ2v) is 5.89. The van der Waals surface area contributed by atoms with Crippen molar-refractivity contribution < 1.29 is 4.74 Å². The molecule has 0 aliphatic heterocycles. The van der Waals surface area contributed by atoms with Crippen LogP contribution >= 0.6 is 23.4 Å². The van der Waals surface area contributed by atoms with Crippen molar-refractivity contribution in [2.24, 2.45) is 5.73 Å². The van der Waals surface area contributed by atoms with Crippen molar-refractivity contribution in [1.82, 2.24) is 0 Å². The highest BCUT2D eigenvalue weighted by Gasteiger charge is 2.20. The lowest BCUT2D eigenvalue weighted by atomic mass is 10.0. The quantitative estimate of drug-likeness (QED) is 0.737. The Morgan fingerprint density at radius 1 is 1.39 bits per heavy atom. The molecule has 2 atom stereocenters. The normalized spacial score (nSPS) is 14.4. The summed E-state index contributed by atoms with van der Waals surface area (Å²) in [4.78, 5) is 0. The number of ether oxygens (including phenoxy) is 1. The van der Waals surface area contributed by atoms with Gasteiger partial charge in [-0.05, 0) is 30.2 Å². The van der Waals surface area contributed by atoms with Crippen LogP contribution < -0.4 is 5.73 Å². The molecule has 0 aromatic heterocycles. The summed E-state index contributed by atoms with van der Waals surface area (Å²) in [5, 5.41) is 1.08. The molecule has 1 aromatic carbocycles. The molecule has 0 aliphatic carbocycles. The summed E-state index contributed by atoms with van der Waals surface area (Å²) in [5.74, 6) is 1.04. The second kappa shape index (κ2) is 8.81. The van der Waals surface area contributed by atoms with E-state index >= 15 is 0 Å². The highest BCUT2D eigenvalue weighted by Crippen LogP contribution is 2.36. The second-order valence-electron chi connectivity index (χ2n) is 4.23. The zero-order valence-corrected chi connectivity index (χ0v) is 12.6. The molecule has 0 spiro atoms. The third kappa shape index (κ3) is 4.81. The lowest BCUT2D eigenvalue weighted by Gasteiger charge is -2.24. The molecule has 102 valence electrons. The van der Waals surface area contributed by atoms with Crippen LogP contribution in [-0.4, -0.2) is 25.5 Å². The van der Waals surface area contributed by atoms with Gasteiger partial charge < -0.3 is 10.5 Å². The molecule has 0 heterocycles. The first-order valence-electron chi connectivity index (χ1n) is 6.31. The number of halogens is 1. The third-order valence-electron chi connectivity index (χ3n) is 2.86. The van der Waals surface area contributed by atoms with E-state index in [1.54, 1.807) is 7.11 Å². The van der Waals surface area contributed by atoms with Crippen molar-refractivity contribution in [3.63, 3.8) is 0 Å².